The van der Waals surface area contributed by atoms with Gasteiger partial charge in [-0.1, -0.05) is 13.8 Å². The molecule has 5 nitrogen and oxygen atoms in total. The van der Waals surface area contributed by atoms with Crippen LogP contribution < -0.4 is 5.32 Å². The molecular formula is C11H20N2O3S. The summed E-state index contributed by atoms with van der Waals surface area (Å²) < 4.78 is 30.2. The summed E-state index contributed by atoms with van der Waals surface area (Å²) in [5, 5.41) is 3.09. The van der Waals surface area contributed by atoms with Gasteiger partial charge in [-0.05, 0) is 12.1 Å². The van der Waals surface area contributed by atoms with Gasteiger partial charge in [0.1, 0.15) is 5.76 Å². The molecule has 1 N–H and O–H groups in total. The number of nitrogens with one attached hydrogen (secondary N) is 1. The molecule has 0 saturated carbocycles. The number of rotatable bonds is 7. The average Bonchev–Trinajstić information content (AvgIpc) is 2.69. The first kappa shape index (κ1) is 14.2. The number of nitrogens with zero attached hydrogens (tertiary/aromatic N) is 1. The van der Waals surface area contributed by atoms with E-state index in [1.165, 1.54) is 10.6 Å². The van der Waals surface area contributed by atoms with E-state index >= 15 is 0 Å². The van der Waals surface area contributed by atoms with Gasteiger partial charge in [0, 0.05) is 19.6 Å². The van der Waals surface area contributed by atoms with E-state index in [1.807, 2.05) is 13.8 Å². The van der Waals surface area contributed by atoms with E-state index in [0.29, 0.717) is 18.3 Å². The van der Waals surface area contributed by atoms with Gasteiger partial charge in [-0.25, -0.2) is 8.42 Å². The Bertz CT molecular complexity index is 412. The molecule has 1 heterocycles. The van der Waals surface area contributed by atoms with E-state index in [1.54, 1.807) is 19.2 Å². The molecule has 0 saturated heterocycles. The maximum atomic E-state index is 11.9. The fourth-order valence-electron chi connectivity index (χ4n) is 1.35. The van der Waals surface area contributed by atoms with Gasteiger partial charge in [0.15, 0.2) is 0 Å². The SMILES string of the molecule is CC(C)NCCS(=O)(=O)N(C)Cc1ccco1. The molecule has 0 radical (unpaired) electrons. The summed E-state index contributed by atoms with van der Waals surface area (Å²) in [5.41, 5.74) is 0. The predicted molar refractivity (Wildman–Crippen MR) is 67.1 cm³/mol. The van der Waals surface area contributed by atoms with Gasteiger partial charge in [0.2, 0.25) is 10.0 Å². The van der Waals surface area contributed by atoms with Gasteiger partial charge in [-0.15, -0.1) is 0 Å². The molecule has 0 aliphatic carbocycles. The molecule has 1 rings (SSSR count). The van der Waals surface area contributed by atoms with Gasteiger partial charge in [-0.3, -0.25) is 0 Å². The fraction of sp³-hybridized carbons (Fsp3) is 0.636. The topological polar surface area (TPSA) is 62.6 Å². The van der Waals surface area contributed by atoms with Crippen LogP contribution in [0.1, 0.15) is 19.6 Å². The maximum Gasteiger partial charge on any atom is 0.215 e. The lowest BCUT2D eigenvalue weighted by atomic mass is 10.4. The molecule has 0 spiro atoms. The number of furan rings is 1. The van der Waals surface area contributed by atoms with Crippen molar-refractivity contribution in [3.8, 4) is 0 Å². The van der Waals surface area contributed by atoms with E-state index in [0.717, 1.165) is 0 Å². The van der Waals surface area contributed by atoms with Crippen LogP contribution in [0.25, 0.3) is 0 Å². The van der Waals surface area contributed by atoms with E-state index in [9.17, 15) is 8.42 Å². The highest BCUT2D eigenvalue weighted by atomic mass is 32.2. The minimum atomic E-state index is -3.22. The Hall–Kier alpha value is -0.850. The molecule has 0 aromatic carbocycles. The minimum Gasteiger partial charge on any atom is -0.468 e. The monoisotopic (exact) mass is 260 g/mol. The summed E-state index contributed by atoms with van der Waals surface area (Å²) in [6.07, 6.45) is 1.54. The molecule has 1 aromatic heterocycles. The molecule has 17 heavy (non-hydrogen) atoms. The Kier molecular flexibility index (Phi) is 5.17. The van der Waals surface area contributed by atoms with Gasteiger partial charge in [-0.2, -0.15) is 4.31 Å². The molecule has 0 amide bonds. The van der Waals surface area contributed by atoms with Crippen molar-refractivity contribution in [1.29, 1.82) is 0 Å². The Morgan fingerprint density at radius 1 is 1.47 bits per heavy atom. The van der Waals surface area contributed by atoms with Crippen LogP contribution >= 0.6 is 0 Å². The van der Waals surface area contributed by atoms with E-state index in [2.05, 4.69) is 5.32 Å². The van der Waals surface area contributed by atoms with Gasteiger partial charge in [0.05, 0.1) is 18.6 Å². The molecule has 6 heteroatoms. The molecule has 0 atom stereocenters. The second-order valence-electron chi connectivity index (χ2n) is 4.26. The van der Waals surface area contributed by atoms with Crippen molar-refractivity contribution in [2.24, 2.45) is 0 Å². The quantitative estimate of drug-likeness (QED) is 0.795. The molecular weight excluding hydrogens is 240 g/mol. The van der Waals surface area contributed by atoms with Crippen LogP contribution in [0.4, 0.5) is 0 Å². The highest BCUT2D eigenvalue weighted by Crippen LogP contribution is 2.07. The number of sulfonamides is 1. The third kappa shape index (κ3) is 4.89. The first-order chi connectivity index (χ1) is 7.92. The predicted octanol–water partition coefficient (Wildman–Crippen LogP) is 1.04. The second-order valence-corrected chi connectivity index (χ2v) is 6.46. The highest BCUT2D eigenvalue weighted by Gasteiger charge is 2.18. The van der Waals surface area contributed by atoms with E-state index in [-0.39, 0.29) is 12.3 Å². The van der Waals surface area contributed by atoms with Crippen molar-refractivity contribution in [1.82, 2.24) is 9.62 Å². The van der Waals surface area contributed by atoms with Crippen LogP contribution in [-0.4, -0.2) is 38.1 Å². The number of hydrogen-bond donors (Lipinski definition) is 1. The lowest BCUT2D eigenvalue weighted by Crippen LogP contribution is -2.35. The van der Waals surface area contributed by atoms with Crippen LogP contribution in [0.2, 0.25) is 0 Å². The first-order valence-electron chi connectivity index (χ1n) is 5.61. The summed E-state index contributed by atoms with van der Waals surface area (Å²) >= 11 is 0. The van der Waals surface area contributed by atoms with Crippen molar-refractivity contribution in [2.75, 3.05) is 19.3 Å². The first-order valence-corrected chi connectivity index (χ1v) is 7.22. The molecule has 0 aliphatic heterocycles. The summed E-state index contributed by atoms with van der Waals surface area (Å²) in [4.78, 5) is 0. The zero-order valence-electron chi connectivity index (χ0n) is 10.5. The Morgan fingerprint density at radius 3 is 2.71 bits per heavy atom. The minimum absolute atomic E-state index is 0.0996. The summed E-state index contributed by atoms with van der Waals surface area (Å²) in [5.74, 6) is 0.746. The largest absolute Gasteiger partial charge is 0.468 e. The van der Waals surface area contributed by atoms with Crippen LogP contribution in [0.15, 0.2) is 22.8 Å². The van der Waals surface area contributed by atoms with Crippen molar-refractivity contribution < 1.29 is 12.8 Å². The molecule has 0 bridgehead atoms. The van der Waals surface area contributed by atoms with Crippen LogP contribution in [0.5, 0.6) is 0 Å². The van der Waals surface area contributed by atoms with Crippen LogP contribution in [0.3, 0.4) is 0 Å². The number of hydrogen-bond acceptors (Lipinski definition) is 4. The van der Waals surface area contributed by atoms with Gasteiger partial charge < -0.3 is 9.73 Å². The van der Waals surface area contributed by atoms with E-state index < -0.39 is 10.0 Å². The van der Waals surface area contributed by atoms with Crippen LogP contribution in [0, 0.1) is 0 Å². The Morgan fingerprint density at radius 2 is 2.18 bits per heavy atom. The smallest absolute Gasteiger partial charge is 0.215 e. The summed E-state index contributed by atoms with van der Waals surface area (Å²) in [6.45, 7) is 4.71. The Labute approximate surface area is 103 Å². The van der Waals surface area contributed by atoms with Gasteiger partial charge in [0.25, 0.3) is 0 Å². The molecule has 1 aromatic rings. The lowest BCUT2D eigenvalue weighted by Gasteiger charge is -2.16. The van der Waals surface area contributed by atoms with Crippen LogP contribution in [-0.2, 0) is 16.6 Å². The zero-order valence-corrected chi connectivity index (χ0v) is 11.3. The maximum absolute atomic E-state index is 11.9. The van der Waals surface area contributed by atoms with Crippen molar-refractivity contribution in [3.05, 3.63) is 24.2 Å². The standard InChI is InChI=1S/C11H20N2O3S/c1-10(2)12-6-8-17(14,15)13(3)9-11-5-4-7-16-11/h4-5,7,10,12H,6,8-9H2,1-3H3. The third-order valence-corrected chi connectivity index (χ3v) is 4.14. The molecule has 0 unspecified atom stereocenters. The van der Waals surface area contributed by atoms with Gasteiger partial charge >= 0.3 is 0 Å². The molecule has 0 aliphatic rings. The summed E-state index contributed by atoms with van der Waals surface area (Å²) in [7, 11) is -1.66. The van der Waals surface area contributed by atoms with Crippen molar-refractivity contribution in [3.63, 3.8) is 0 Å². The Balaban J connectivity index is 2.46. The van der Waals surface area contributed by atoms with E-state index in [4.69, 9.17) is 4.42 Å². The van der Waals surface area contributed by atoms with Crippen molar-refractivity contribution >= 4 is 10.0 Å². The third-order valence-electron chi connectivity index (χ3n) is 2.35. The second kappa shape index (κ2) is 6.18. The fourth-order valence-corrected chi connectivity index (χ4v) is 2.36. The van der Waals surface area contributed by atoms with Crippen molar-refractivity contribution in [2.45, 2.75) is 26.4 Å². The highest BCUT2D eigenvalue weighted by molar-refractivity contribution is 7.89. The zero-order chi connectivity index (χ0) is 12.9. The molecule has 98 valence electrons. The summed E-state index contributed by atoms with van der Waals surface area (Å²) in [6, 6.07) is 3.80. The average molecular weight is 260 g/mol. The molecule has 0 fully saturated rings. The lowest BCUT2D eigenvalue weighted by molar-refractivity contribution is 0.405. The normalized spacial score (nSPS) is 12.5.